The van der Waals surface area contributed by atoms with Crippen LogP contribution >= 0.6 is 0 Å². The standard InChI is InChI=1S/C23H36N6O7/c1-13(25)20(32)27-16(4-2-3-11-24)21(33)28-17(9-10-19(26)31)22(34)29-18(23(35)36)12-14-5-7-15(30)8-6-14/h5-8,13,16-18,30H,2-4,9-12,24-25H2,1H3,(H2,26,31)(H,27,32)(H,28,33)(H,29,34)(H,35,36). The van der Waals surface area contributed by atoms with Crippen molar-refractivity contribution in [3.8, 4) is 5.75 Å². The number of phenolic OH excluding ortho intramolecular Hbond substituents is 1. The topological polar surface area (TPSA) is 240 Å². The van der Waals surface area contributed by atoms with Gasteiger partial charge in [-0.2, -0.15) is 0 Å². The highest BCUT2D eigenvalue weighted by molar-refractivity contribution is 5.94. The molecule has 0 fully saturated rings. The van der Waals surface area contributed by atoms with E-state index in [9.17, 15) is 34.2 Å². The molecular weight excluding hydrogens is 472 g/mol. The van der Waals surface area contributed by atoms with Crippen LogP contribution in [0.2, 0.25) is 0 Å². The summed E-state index contributed by atoms with van der Waals surface area (Å²) in [4.78, 5) is 61.1. The summed E-state index contributed by atoms with van der Waals surface area (Å²) in [6, 6.07) is 1.24. The summed E-state index contributed by atoms with van der Waals surface area (Å²) in [5.41, 5.74) is 16.8. The number of hydrogen-bond acceptors (Lipinski definition) is 8. The Hall–Kier alpha value is -3.71. The highest BCUT2D eigenvalue weighted by Gasteiger charge is 2.30. The van der Waals surface area contributed by atoms with Gasteiger partial charge in [0.2, 0.25) is 23.6 Å². The Labute approximate surface area is 209 Å². The zero-order valence-electron chi connectivity index (χ0n) is 20.2. The highest BCUT2D eigenvalue weighted by atomic mass is 16.4. The molecule has 36 heavy (non-hydrogen) atoms. The van der Waals surface area contributed by atoms with Gasteiger partial charge in [-0.25, -0.2) is 4.79 Å². The molecule has 1 rings (SSSR count). The summed E-state index contributed by atoms with van der Waals surface area (Å²) < 4.78 is 0. The van der Waals surface area contributed by atoms with E-state index in [1.54, 1.807) is 0 Å². The molecule has 0 aliphatic rings. The summed E-state index contributed by atoms with van der Waals surface area (Å²) >= 11 is 0. The molecule has 0 saturated carbocycles. The molecule has 0 heterocycles. The smallest absolute Gasteiger partial charge is 0.326 e. The van der Waals surface area contributed by atoms with Crippen molar-refractivity contribution in [1.29, 1.82) is 0 Å². The number of nitrogens with one attached hydrogen (secondary N) is 3. The molecule has 13 nitrogen and oxygen atoms in total. The van der Waals surface area contributed by atoms with Crippen LogP contribution in [0.1, 0.15) is 44.6 Å². The number of rotatable bonds is 16. The molecule has 0 bridgehead atoms. The Bertz CT molecular complexity index is 907. The van der Waals surface area contributed by atoms with Gasteiger partial charge in [-0.3, -0.25) is 19.2 Å². The van der Waals surface area contributed by atoms with Crippen LogP contribution in [-0.4, -0.2) is 70.5 Å². The molecule has 13 heteroatoms. The van der Waals surface area contributed by atoms with E-state index in [4.69, 9.17) is 17.2 Å². The highest BCUT2D eigenvalue weighted by Crippen LogP contribution is 2.12. The fourth-order valence-electron chi connectivity index (χ4n) is 3.23. The Balaban J connectivity index is 3.02. The maximum Gasteiger partial charge on any atom is 0.326 e. The average molecular weight is 509 g/mol. The predicted octanol–water partition coefficient (Wildman–Crippen LogP) is -1.78. The van der Waals surface area contributed by atoms with Crippen LogP contribution in [0.4, 0.5) is 0 Å². The van der Waals surface area contributed by atoms with Gasteiger partial charge in [0, 0.05) is 12.8 Å². The lowest BCUT2D eigenvalue weighted by Crippen LogP contribution is -2.57. The van der Waals surface area contributed by atoms with E-state index in [0.717, 1.165) is 0 Å². The Morgan fingerprint density at radius 3 is 1.89 bits per heavy atom. The van der Waals surface area contributed by atoms with Crippen LogP contribution in [0, 0.1) is 0 Å². The first-order valence-corrected chi connectivity index (χ1v) is 11.6. The Kier molecular flexibility index (Phi) is 12.9. The van der Waals surface area contributed by atoms with Gasteiger partial charge in [-0.15, -0.1) is 0 Å². The summed E-state index contributed by atoms with van der Waals surface area (Å²) in [6.45, 7) is 1.84. The average Bonchev–Trinajstić information content (AvgIpc) is 2.81. The van der Waals surface area contributed by atoms with E-state index in [0.29, 0.717) is 24.9 Å². The molecule has 0 spiro atoms. The minimum atomic E-state index is -1.35. The van der Waals surface area contributed by atoms with Crippen LogP contribution < -0.4 is 33.2 Å². The number of unbranched alkanes of at least 4 members (excludes halogenated alkanes) is 1. The number of nitrogens with two attached hydrogens (primary N) is 3. The van der Waals surface area contributed by atoms with Crippen LogP contribution in [0.15, 0.2) is 24.3 Å². The third-order valence-electron chi connectivity index (χ3n) is 5.30. The van der Waals surface area contributed by atoms with Crippen molar-refractivity contribution in [2.45, 2.75) is 69.6 Å². The molecular formula is C23H36N6O7. The molecule has 4 unspecified atom stereocenters. The Morgan fingerprint density at radius 2 is 1.39 bits per heavy atom. The molecule has 0 aliphatic heterocycles. The minimum Gasteiger partial charge on any atom is -0.508 e. The van der Waals surface area contributed by atoms with E-state index in [2.05, 4.69) is 16.0 Å². The molecule has 0 aliphatic carbocycles. The summed E-state index contributed by atoms with van der Waals surface area (Å²) in [6.07, 6.45) is 0.808. The second-order valence-corrected chi connectivity index (χ2v) is 8.47. The van der Waals surface area contributed by atoms with Crippen molar-refractivity contribution in [1.82, 2.24) is 16.0 Å². The third-order valence-corrected chi connectivity index (χ3v) is 5.30. The van der Waals surface area contributed by atoms with Gasteiger partial charge in [0.15, 0.2) is 0 Å². The number of amides is 4. The normalized spacial score (nSPS) is 14.1. The lowest BCUT2D eigenvalue weighted by atomic mass is 10.0. The maximum absolute atomic E-state index is 13.0. The number of phenols is 1. The van der Waals surface area contributed by atoms with Gasteiger partial charge in [0.05, 0.1) is 6.04 Å². The van der Waals surface area contributed by atoms with E-state index < -0.39 is 53.8 Å². The largest absolute Gasteiger partial charge is 0.508 e. The number of carbonyl (C=O) groups is 5. The number of carboxylic acid groups (broad SMARTS) is 1. The fraction of sp³-hybridized carbons (Fsp3) is 0.522. The van der Waals surface area contributed by atoms with E-state index >= 15 is 0 Å². The molecule has 4 amide bonds. The van der Waals surface area contributed by atoms with Crippen LogP contribution in [0.3, 0.4) is 0 Å². The quantitative estimate of drug-likeness (QED) is 0.117. The fourth-order valence-corrected chi connectivity index (χ4v) is 3.23. The number of hydrogen-bond donors (Lipinski definition) is 8. The maximum atomic E-state index is 13.0. The number of aromatic hydroxyl groups is 1. The van der Waals surface area contributed by atoms with E-state index in [-0.39, 0.29) is 31.4 Å². The second kappa shape index (κ2) is 15.3. The molecule has 1 aromatic rings. The van der Waals surface area contributed by atoms with E-state index in [1.807, 2.05) is 0 Å². The zero-order chi connectivity index (χ0) is 27.3. The van der Waals surface area contributed by atoms with Crippen LogP contribution in [-0.2, 0) is 30.4 Å². The molecule has 0 radical (unpaired) electrons. The van der Waals surface area contributed by atoms with Crippen LogP contribution in [0.5, 0.6) is 5.75 Å². The molecule has 11 N–H and O–H groups in total. The third kappa shape index (κ3) is 11.1. The van der Waals surface area contributed by atoms with Crippen molar-refractivity contribution in [2.24, 2.45) is 17.2 Å². The first-order chi connectivity index (χ1) is 16.9. The van der Waals surface area contributed by atoms with Crippen molar-refractivity contribution in [3.63, 3.8) is 0 Å². The number of primary amides is 1. The summed E-state index contributed by atoms with van der Waals surface area (Å²) in [5, 5.41) is 26.4. The number of carboxylic acids is 1. The van der Waals surface area contributed by atoms with Crippen molar-refractivity contribution in [2.75, 3.05) is 6.54 Å². The molecule has 1 aromatic carbocycles. The van der Waals surface area contributed by atoms with Gasteiger partial charge in [-0.1, -0.05) is 12.1 Å². The first-order valence-electron chi connectivity index (χ1n) is 11.6. The van der Waals surface area contributed by atoms with Gasteiger partial charge in [-0.05, 0) is 56.8 Å². The number of aliphatic carboxylic acids is 1. The second-order valence-electron chi connectivity index (χ2n) is 8.47. The lowest BCUT2D eigenvalue weighted by molar-refractivity contribution is -0.142. The molecule has 0 aromatic heterocycles. The zero-order valence-corrected chi connectivity index (χ0v) is 20.2. The predicted molar refractivity (Wildman–Crippen MR) is 130 cm³/mol. The molecule has 200 valence electrons. The van der Waals surface area contributed by atoms with Crippen molar-refractivity contribution < 1.29 is 34.2 Å². The van der Waals surface area contributed by atoms with Crippen molar-refractivity contribution in [3.05, 3.63) is 29.8 Å². The van der Waals surface area contributed by atoms with Gasteiger partial charge in [0.25, 0.3) is 0 Å². The van der Waals surface area contributed by atoms with E-state index in [1.165, 1.54) is 31.2 Å². The molecule has 4 atom stereocenters. The summed E-state index contributed by atoms with van der Waals surface area (Å²) in [5.74, 6) is -4.14. The summed E-state index contributed by atoms with van der Waals surface area (Å²) in [7, 11) is 0. The number of benzene rings is 1. The SMILES string of the molecule is CC(N)C(=O)NC(CCCCN)C(=O)NC(CCC(N)=O)C(=O)NC(Cc1ccc(O)cc1)C(=O)O. The molecule has 0 saturated heterocycles. The number of carbonyl (C=O) groups excluding carboxylic acids is 4. The Morgan fingerprint density at radius 1 is 0.861 bits per heavy atom. The first kappa shape index (κ1) is 30.3. The van der Waals surface area contributed by atoms with Gasteiger partial charge >= 0.3 is 5.97 Å². The van der Waals surface area contributed by atoms with Gasteiger partial charge in [0.1, 0.15) is 23.9 Å². The van der Waals surface area contributed by atoms with Gasteiger partial charge < -0.3 is 43.4 Å². The minimum absolute atomic E-state index is 0.000950. The lowest BCUT2D eigenvalue weighted by Gasteiger charge is -2.25. The van der Waals surface area contributed by atoms with Crippen LogP contribution in [0.25, 0.3) is 0 Å². The van der Waals surface area contributed by atoms with Crippen molar-refractivity contribution >= 4 is 29.6 Å². The monoisotopic (exact) mass is 508 g/mol.